The summed E-state index contributed by atoms with van der Waals surface area (Å²) in [6.07, 6.45) is -4.50. The average Bonchev–Trinajstić information content (AvgIpc) is 2.15. The van der Waals surface area contributed by atoms with E-state index >= 15 is 0 Å². The quantitative estimate of drug-likeness (QED) is 0.420. The molecule has 15 heavy (non-hydrogen) atoms. The van der Waals surface area contributed by atoms with Crippen molar-refractivity contribution in [2.75, 3.05) is 0 Å². The summed E-state index contributed by atoms with van der Waals surface area (Å²) in [6, 6.07) is 3.38. The summed E-state index contributed by atoms with van der Waals surface area (Å²) in [7, 11) is 0. The van der Waals surface area contributed by atoms with Crippen LogP contribution in [0.3, 0.4) is 0 Å². The normalized spacial score (nSPS) is 10.9. The molecule has 0 heterocycles. The van der Waals surface area contributed by atoms with Crippen molar-refractivity contribution in [1.29, 1.82) is 0 Å². The first-order valence-corrected chi connectivity index (χ1v) is 4.19. The second-order valence-corrected chi connectivity index (χ2v) is 3.11. The van der Waals surface area contributed by atoms with Gasteiger partial charge in [0.05, 0.1) is 17.1 Å². The van der Waals surface area contributed by atoms with Gasteiger partial charge in [-0.25, -0.2) is 0 Å². The van der Waals surface area contributed by atoms with E-state index in [-0.39, 0.29) is 17.1 Å². The van der Waals surface area contributed by atoms with Crippen LogP contribution in [0.5, 0.6) is 0 Å². The Hall–Kier alpha value is -1.39. The number of nitrogens with zero attached hydrogens (tertiary/aromatic N) is 3. The lowest BCUT2D eigenvalue weighted by molar-refractivity contribution is -0.137. The molecular formula is C8H5ClF3N3. The summed E-state index contributed by atoms with van der Waals surface area (Å²) in [5.41, 5.74) is 7.37. The van der Waals surface area contributed by atoms with Gasteiger partial charge in [0.1, 0.15) is 0 Å². The zero-order valence-electron chi connectivity index (χ0n) is 7.29. The highest BCUT2D eigenvalue weighted by molar-refractivity contribution is 6.31. The van der Waals surface area contributed by atoms with Gasteiger partial charge in [-0.15, -0.1) is 0 Å². The summed E-state index contributed by atoms with van der Waals surface area (Å²) in [5, 5.41) is 2.80. The van der Waals surface area contributed by atoms with E-state index in [1.54, 1.807) is 0 Å². The average molecular weight is 236 g/mol. The van der Waals surface area contributed by atoms with E-state index in [2.05, 4.69) is 10.0 Å². The molecule has 1 aromatic rings. The predicted octanol–water partition coefficient (Wildman–Crippen LogP) is 4.17. The summed E-state index contributed by atoms with van der Waals surface area (Å²) < 4.78 is 37.1. The Balaban J connectivity index is 3.11. The number of azide groups is 1. The highest BCUT2D eigenvalue weighted by Crippen LogP contribution is 2.35. The number of hydrogen-bond donors (Lipinski definition) is 0. The van der Waals surface area contributed by atoms with Gasteiger partial charge in [-0.3, -0.25) is 0 Å². The molecule has 1 rings (SSSR count). The monoisotopic (exact) mass is 235 g/mol. The number of rotatable bonds is 2. The summed E-state index contributed by atoms with van der Waals surface area (Å²) in [4.78, 5) is 2.46. The molecule has 1 aromatic carbocycles. The molecule has 0 bridgehead atoms. The first-order valence-electron chi connectivity index (χ1n) is 3.81. The molecule has 0 fully saturated rings. The SMILES string of the molecule is [N-]=[N+]=NCc1ccc(Cl)c(C(F)(F)F)c1. The lowest BCUT2D eigenvalue weighted by Gasteiger charge is -2.09. The van der Waals surface area contributed by atoms with Crippen LogP contribution >= 0.6 is 11.6 Å². The fourth-order valence-electron chi connectivity index (χ4n) is 1.00. The Kier molecular flexibility index (Phi) is 3.44. The fraction of sp³-hybridized carbons (Fsp3) is 0.250. The molecule has 3 nitrogen and oxygen atoms in total. The third-order valence-corrected chi connectivity index (χ3v) is 1.98. The lowest BCUT2D eigenvalue weighted by Crippen LogP contribution is -2.06. The van der Waals surface area contributed by atoms with Crippen LogP contribution in [0.1, 0.15) is 11.1 Å². The van der Waals surface area contributed by atoms with Crippen molar-refractivity contribution in [3.05, 3.63) is 44.8 Å². The van der Waals surface area contributed by atoms with Crippen molar-refractivity contribution < 1.29 is 13.2 Å². The van der Waals surface area contributed by atoms with Crippen LogP contribution < -0.4 is 0 Å². The van der Waals surface area contributed by atoms with Gasteiger partial charge >= 0.3 is 6.18 Å². The van der Waals surface area contributed by atoms with E-state index in [9.17, 15) is 13.2 Å². The minimum atomic E-state index is -4.50. The molecule has 0 N–H and O–H groups in total. The van der Waals surface area contributed by atoms with Crippen molar-refractivity contribution in [2.24, 2.45) is 5.11 Å². The second kappa shape index (κ2) is 4.42. The molecule has 0 atom stereocenters. The van der Waals surface area contributed by atoms with E-state index in [1.165, 1.54) is 6.07 Å². The first kappa shape index (κ1) is 11.7. The van der Waals surface area contributed by atoms with Crippen molar-refractivity contribution in [2.45, 2.75) is 12.7 Å². The van der Waals surface area contributed by atoms with Gasteiger partial charge in [0, 0.05) is 4.91 Å². The van der Waals surface area contributed by atoms with Gasteiger partial charge in [-0.1, -0.05) is 22.8 Å². The second-order valence-electron chi connectivity index (χ2n) is 2.70. The number of benzene rings is 1. The van der Waals surface area contributed by atoms with Crippen LogP contribution in [0, 0.1) is 0 Å². The van der Waals surface area contributed by atoms with Gasteiger partial charge < -0.3 is 0 Å². The molecular weight excluding hydrogens is 231 g/mol. The Morgan fingerprint density at radius 2 is 2.07 bits per heavy atom. The summed E-state index contributed by atoms with van der Waals surface area (Å²) in [6.45, 7) is -0.128. The largest absolute Gasteiger partial charge is 0.417 e. The van der Waals surface area contributed by atoms with E-state index < -0.39 is 11.7 Å². The molecule has 0 aromatic heterocycles. The van der Waals surface area contributed by atoms with E-state index in [0.29, 0.717) is 0 Å². The fourth-order valence-corrected chi connectivity index (χ4v) is 1.23. The first-order chi connectivity index (χ1) is 6.95. The maximum atomic E-state index is 12.4. The molecule has 0 aliphatic carbocycles. The Morgan fingerprint density at radius 1 is 1.40 bits per heavy atom. The molecule has 0 aliphatic heterocycles. The van der Waals surface area contributed by atoms with E-state index in [1.807, 2.05) is 0 Å². The molecule has 0 unspecified atom stereocenters. The molecule has 0 aliphatic rings. The van der Waals surface area contributed by atoms with Gasteiger partial charge in [-0.2, -0.15) is 13.2 Å². The third kappa shape index (κ3) is 3.04. The summed E-state index contributed by atoms with van der Waals surface area (Å²) >= 11 is 5.39. The highest BCUT2D eigenvalue weighted by atomic mass is 35.5. The minimum Gasteiger partial charge on any atom is -0.166 e. The zero-order chi connectivity index (χ0) is 11.5. The number of alkyl halides is 3. The standard InChI is InChI=1S/C8H5ClF3N3/c9-7-2-1-5(4-14-15-13)3-6(7)8(10,11)12/h1-3H,4H2. The van der Waals surface area contributed by atoms with Gasteiger partial charge in [0.2, 0.25) is 0 Å². The molecule has 0 saturated carbocycles. The van der Waals surface area contributed by atoms with Gasteiger partial charge in [0.25, 0.3) is 0 Å². The molecule has 0 saturated heterocycles. The van der Waals surface area contributed by atoms with Crippen LogP contribution in [-0.2, 0) is 12.7 Å². The highest BCUT2D eigenvalue weighted by Gasteiger charge is 2.33. The minimum absolute atomic E-state index is 0.128. The van der Waals surface area contributed by atoms with Crippen molar-refractivity contribution in [3.63, 3.8) is 0 Å². The van der Waals surface area contributed by atoms with Crippen molar-refractivity contribution in [3.8, 4) is 0 Å². The summed E-state index contributed by atoms with van der Waals surface area (Å²) in [5.74, 6) is 0. The number of halogens is 4. The topological polar surface area (TPSA) is 48.8 Å². The van der Waals surface area contributed by atoms with Crippen LogP contribution in [-0.4, -0.2) is 0 Å². The third-order valence-electron chi connectivity index (χ3n) is 1.65. The van der Waals surface area contributed by atoms with Gasteiger partial charge in [0.15, 0.2) is 0 Å². The van der Waals surface area contributed by atoms with Crippen LogP contribution in [0.4, 0.5) is 13.2 Å². The molecule has 80 valence electrons. The Labute approximate surface area is 88.1 Å². The predicted molar refractivity (Wildman–Crippen MR) is 49.3 cm³/mol. The molecule has 0 radical (unpaired) electrons. The lowest BCUT2D eigenvalue weighted by atomic mass is 10.1. The van der Waals surface area contributed by atoms with E-state index in [0.717, 1.165) is 12.1 Å². The maximum Gasteiger partial charge on any atom is 0.417 e. The smallest absolute Gasteiger partial charge is 0.166 e. The van der Waals surface area contributed by atoms with Gasteiger partial charge in [-0.05, 0) is 23.2 Å². The van der Waals surface area contributed by atoms with E-state index in [4.69, 9.17) is 17.1 Å². The van der Waals surface area contributed by atoms with Crippen LogP contribution in [0.25, 0.3) is 10.4 Å². The maximum absolute atomic E-state index is 12.4. The van der Waals surface area contributed by atoms with Crippen molar-refractivity contribution >= 4 is 11.6 Å². The number of hydrogen-bond acceptors (Lipinski definition) is 1. The molecule has 0 spiro atoms. The zero-order valence-corrected chi connectivity index (χ0v) is 8.05. The van der Waals surface area contributed by atoms with Crippen LogP contribution in [0.2, 0.25) is 5.02 Å². The Bertz CT molecular complexity index is 410. The Morgan fingerprint density at radius 3 is 2.60 bits per heavy atom. The molecule has 7 heteroatoms. The molecule has 0 amide bonds. The van der Waals surface area contributed by atoms with Crippen molar-refractivity contribution in [1.82, 2.24) is 0 Å². The van der Waals surface area contributed by atoms with Crippen LogP contribution in [0.15, 0.2) is 23.3 Å².